The van der Waals surface area contributed by atoms with Gasteiger partial charge in [-0.2, -0.15) is 0 Å². The molecule has 0 atom stereocenters. The Balaban J connectivity index is 0.960. The zero-order chi connectivity index (χ0) is 45.5. The third-order valence-electron chi connectivity index (χ3n) is 14.3. The molecule has 0 aromatic heterocycles. The van der Waals surface area contributed by atoms with Gasteiger partial charge in [-0.05, 0) is 122 Å². The van der Waals surface area contributed by atoms with Gasteiger partial charge >= 0.3 is 0 Å². The summed E-state index contributed by atoms with van der Waals surface area (Å²) in [5.74, 6) is 3.34. The molecule has 0 N–H and O–H groups in total. The lowest BCUT2D eigenvalue weighted by atomic mass is 9.67. The van der Waals surface area contributed by atoms with Crippen molar-refractivity contribution >= 4 is 67.8 Å². The largest absolute Gasteiger partial charge is 0.453 e. The van der Waals surface area contributed by atoms with Gasteiger partial charge in [-0.1, -0.05) is 188 Å². The van der Waals surface area contributed by atoms with E-state index >= 15 is 0 Å². The first-order chi connectivity index (χ1) is 34.2. The summed E-state index contributed by atoms with van der Waals surface area (Å²) < 4.78 is 13.0. The molecule has 2 aliphatic heterocycles. The van der Waals surface area contributed by atoms with Crippen LogP contribution < -0.4 is 19.3 Å². The predicted molar refractivity (Wildman–Crippen MR) is 284 cm³/mol. The molecule has 11 aromatic rings. The van der Waals surface area contributed by atoms with Gasteiger partial charge in [0.25, 0.3) is 0 Å². The third-order valence-corrected chi connectivity index (χ3v) is 14.3. The first-order valence-electron chi connectivity index (χ1n) is 23.6. The van der Waals surface area contributed by atoms with Crippen LogP contribution in [0.25, 0.3) is 44.8 Å². The molecule has 2 heterocycles. The van der Waals surface area contributed by atoms with E-state index in [1.165, 1.54) is 60.5 Å². The highest BCUT2D eigenvalue weighted by Crippen LogP contribution is 2.59. The van der Waals surface area contributed by atoms with Gasteiger partial charge in [0.2, 0.25) is 0 Å². The van der Waals surface area contributed by atoms with Crippen LogP contribution in [0.5, 0.6) is 23.0 Å². The molecule has 1 aliphatic carbocycles. The van der Waals surface area contributed by atoms with E-state index < -0.39 is 5.41 Å². The molecule has 0 amide bonds. The topological polar surface area (TPSA) is 24.9 Å². The molecule has 14 rings (SSSR count). The molecule has 4 heteroatoms. The standard InChI is InChI=1S/C65H42N2O2/c1-3-19-44(20-4-1)65(45-21-5-2-6-22-45)54-41-43(36-39-50(54)51-40-37-46(42-55(51)65)66-56-27-11-15-31-60(56)68-61-32-16-12-28-57(61)66)35-38-49-47-23-7-9-25-52(47)64(53-26-10-8-24-48(49)53)67-58-29-13-17-33-62(58)69-63-34-18-14-30-59(63)67/h1-42H/b38-35+. The van der Waals surface area contributed by atoms with Gasteiger partial charge in [0.15, 0.2) is 23.0 Å². The Morgan fingerprint density at radius 3 is 1.25 bits per heavy atom. The Hall–Kier alpha value is -9.12. The number of ether oxygens (including phenoxy) is 2. The molecular formula is C65H42N2O2. The predicted octanol–water partition coefficient (Wildman–Crippen LogP) is 17.7. The number of hydrogen-bond donors (Lipinski definition) is 0. The highest BCUT2D eigenvalue weighted by molar-refractivity contribution is 6.19. The van der Waals surface area contributed by atoms with Crippen LogP contribution in [0, 0.1) is 0 Å². The average Bonchev–Trinajstić information content (AvgIpc) is 3.71. The smallest absolute Gasteiger partial charge is 0.151 e. The number of rotatable bonds is 6. The van der Waals surface area contributed by atoms with Crippen molar-refractivity contribution in [1.29, 1.82) is 0 Å². The lowest BCUT2D eigenvalue weighted by molar-refractivity contribution is 0.477. The number of para-hydroxylation sites is 8. The molecule has 11 aromatic carbocycles. The zero-order valence-electron chi connectivity index (χ0n) is 37.5. The van der Waals surface area contributed by atoms with Crippen LogP contribution in [-0.4, -0.2) is 0 Å². The summed E-state index contributed by atoms with van der Waals surface area (Å²) in [5.41, 5.74) is 15.3. The highest BCUT2D eigenvalue weighted by Gasteiger charge is 2.47. The first kappa shape index (κ1) is 39.1. The van der Waals surface area contributed by atoms with Gasteiger partial charge < -0.3 is 19.3 Å². The van der Waals surface area contributed by atoms with E-state index in [1.807, 2.05) is 24.3 Å². The summed E-state index contributed by atoms with van der Waals surface area (Å²) in [4.78, 5) is 4.74. The van der Waals surface area contributed by atoms with Crippen LogP contribution in [0.3, 0.4) is 0 Å². The third kappa shape index (κ3) is 5.89. The molecule has 0 spiro atoms. The Morgan fingerprint density at radius 1 is 0.333 bits per heavy atom. The maximum absolute atomic E-state index is 6.49. The van der Waals surface area contributed by atoms with Crippen molar-refractivity contribution in [2.45, 2.75) is 5.41 Å². The monoisotopic (exact) mass is 882 g/mol. The summed E-state index contributed by atoms with van der Waals surface area (Å²) >= 11 is 0. The normalized spacial score (nSPS) is 13.7. The van der Waals surface area contributed by atoms with E-state index in [2.05, 4.69) is 240 Å². The molecule has 0 radical (unpaired) electrons. The fourth-order valence-corrected chi connectivity index (χ4v) is 11.4. The van der Waals surface area contributed by atoms with Crippen molar-refractivity contribution in [3.63, 3.8) is 0 Å². The molecule has 324 valence electrons. The highest BCUT2D eigenvalue weighted by atomic mass is 16.5. The Bertz CT molecular complexity index is 3690. The van der Waals surface area contributed by atoms with Crippen molar-refractivity contribution in [1.82, 2.24) is 0 Å². The van der Waals surface area contributed by atoms with Gasteiger partial charge in [0.05, 0.1) is 33.9 Å². The van der Waals surface area contributed by atoms with Gasteiger partial charge in [-0.3, -0.25) is 0 Å². The molecule has 0 bridgehead atoms. The fraction of sp³-hybridized carbons (Fsp3) is 0.0154. The van der Waals surface area contributed by atoms with Crippen molar-refractivity contribution in [2.75, 3.05) is 9.80 Å². The van der Waals surface area contributed by atoms with Crippen LogP contribution in [0.15, 0.2) is 243 Å². The summed E-state index contributed by atoms with van der Waals surface area (Å²) in [7, 11) is 0. The Morgan fingerprint density at radius 2 is 0.739 bits per heavy atom. The van der Waals surface area contributed by atoms with Crippen LogP contribution in [-0.2, 0) is 5.41 Å². The van der Waals surface area contributed by atoms with E-state index in [0.29, 0.717) is 0 Å². The van der Waals surface area contributed by atoms with Gasteiger partial charge in [0.1, 0.15) is 0 Å². The molecule has 0 saturated heterocycles. The second-order valence-corrected chi connectivity index (χ2v) is 17.9. The number of fused-ring (bicyclic) bond motifs is 9. The van der Waals surface area contributed by atoms with Crippen molar-refractivity contribution in [3.8, 4) is 34.1 Å². The minimum absolute atomic E-state index is 0.621. The van der Waals surface area contributed by atoms with Crippen LogP contribution in [0.4, 0.5) is 34.1 Å². The summed E-state index contributed by atoms with van der Waals surface area (Å²) in [6.07, 6.45) is 4.64. The summed E-state index contributed by atoms with van der Waals surface area (Å²) in [6.45, 7) is 0. The van der Waals surface area contributed by atoms with E-state index in [4.69, 9.17) is 9.47 Å². The Kier molecular flexibility index (Phi) is 8.77. The lowest BCUT2D eigenvalue weighted by Gasteiger charge is -2.36. The zero-order valence-corrected chi connectivity index (χ0v) is 37.5. The Labute approximate surface area is 400 Å². The SMILES string of the molecule is C(=C\c1c2ccccc2c(N2c3ccccc3Oc3ccccc32)c2ccccc12)/c1ccc2c(c1)C(c1ccccc1)(c1ccccc1)c1cc(N3c4ccccc4Oc4ccccc43)ccc1-2. The van der Waals surface area contributed by atoms with Gasteiger partial charge in [-0.25, -0.2) is 0 Å². The first-order valence-corrected chi connectivity index (χ1v) is 23.6. The van der Waals surface area contributed by atoms with E-state index in [9.17, 15) is 0 Å². The quantitative estimate of drug-likeness (QED) is 0.123. The number of benzene rings is 11. The van der Waals surface area contributed by atoms with E-state index in [0.717, 1.165) is 62.7 Å². The van der Waals surface area contributed by atoms with Crippen molar-refractivity contribution < 1.29 is 9.47 Å². The van der Waals surface area contributed by atoms with E-state index in [-0.39, 0.29) is 0 Å². The molecule has 0 fully saturated rings. The van der Waals surface area contributed by atoms with Crippen molar-refractivity contribution in [2.24, 2.45) is 0 Å². The molecule has 0 unspecified atom stereocenters. The van der Waals surface area contributed by atoms with Crippen LogP contribution in [0.1, 0.15) is 33.4 Å². The minimum Gasteiger partial charge on any atom is -0.453 e. The number of anilines is 6. The lowest BCUT2D eigenvalue weighted by Crippen LogP contribution is -2.29. The summed E-state index contributed by atoms with van der Waals surface area (Å²) in [5, 5.41) is 4.69. The van der Waals surface area contributed by atoms with Crippen molar-refractivity contribution in [3.05, 3.63) is 276 Å². The number of nitrogens with zero attached hydrogens (tertiary/aromatic N) is 2. The molecular weight excluding hydrogens is 841 g/mol. The second kappa shape index (κ2) is 15.5. The van der Waals surface area contributed by atoms with Crippen LogP contribution in [0.2, 0.25) is 0 Å². The van der Waals surface area contributed by atoms with Crippen LogP contribution >= 0.6 is 0 Å². The van der Waals surface area contributed by atoms with E-state index in [1.54, 1.807) is 0 Å². The number of hydrogen-bond acceptors (Lipinski definition) is 4. The molecule has 0 saturated carbocycles. The summed E-state index contributed by atoms with van der Waals surface area (Å²) in [6, 6.07) is 87.2. The molecule has 69 heavy (non-hydrogen) atoms. The minimum atomic E-state index is -0.621. The average molecular weight is 883 g/mol. The maximum Gasteiger partial charge on any atom is 0.151 e. The molecule has 3 aliphatic rings. The maximum atomic E-state index is 6.49. The second-order valence-electron chi connectivity index (χ2n) is 17.9. The molecule has 4 nitrogen and oxygen atoms in total. The van der Waals surface area contributed by atoms with Gasteiger partial charge in [0, 0.05) is 16.5 Å². The van der Waals surface area contributed by atoms with Gasteiger partial charge in [-0.15, -0.1) is 0 Å². The fourth-order valence-electron chi connectivity index (χ4n) is 11.4.